The lowest BCUT2D eigenvalue weighted by molar-refractivity contribution is 0.455. The summed E-state index contributed by atoms with van der Waals surface area (Å²) in [7, 11) is 0. The van der Waals surface area contributed by atoms with Gasteiger partial charge >= 0.3 is 0 Å². The van der Waals surface area contributed by atoms with E-state index in [0.29, 0.717) is 6.33 Å². The van der Waals surface area contributed by atoms with Gasteiger partial charge in [0.15, 0.2) is 0 Å². The molecule has 0 aliphatic carbocycles. The van der Waals surface area contributed by atoms with E-state index in [-0.39, 0.29) is 17.4 Å². The van der Waals surface area contributed by atoms with Crippen LogP contribution in [0.25, 0.3) is 27.6 Å². The summed E-state index contributed by atoms with van der Waals surface area (Å²) < 4.78 is 18.6. The molecule has 2 N–H and O–H groups in total. The van der Waals surface area contributed by atoms with Gasteiger partial charge < -0.3 is 14.9 Å². The van der Waals surface area contributed by atoms with Crippen LogP contribution in [-0.4, -0.2) is 10.2 Å². The summed E-state index contributed by atoms with van der Waals surface area (Å²) >= 11 is 0. The predicted molar refractivity (Wildman–Crippen MR) is 147 cm³/mol. The van der Waals surface area contributed by atoms with E-state index in [2.05, 4.69) is 24.3 Å². The minimum atomic E-state index is -0.132. The highest BCUT2D eigenvalue weighted by Gasteiger charge is 2.32. The van der Waals surface area contributed by atoms with Crippen molar-refractivity contribution < 1.29 is 19.3 Å². The van der Waals surface area contributed by atoms with Crippen LogP contribution < -0.4 is 4.74 Å². The van der Waals surface area contributed by atoms with Crippen LogP contribution in [-0.2, 0) is 0 Å². The number of halogens is 1. The Morgan fingerprint density at radius 3 is 1.76 bits per heavy atom. The summed E-state index contributed by atoms with van der Waals surface area (Å²) in [5.74, 6) is 1.86. The van der Waals surface area contributed by atoms with Crippen molar-refractivity contribution in [1.29, 1.82) is 0 Å². The van der Waals surface area contributed by atoms with Gasteiger partial charge in [0.05, 0.1) is 6.33 Å². The first-order valence-corrected chi connectivity index (χ1v) is 12.0. The van der Waals surface area contributed by atoms with Gasteiger partial charge in [0, 0.05) is 17.0 Å². The molecular weight excluding hydrogens is 463 g/mol. The number of aromatic hydroxyl groups is 2. The van der Waals surface area contributed by atoms with Gasteiger partial charge in [-0.05, 0) is 75.1 Å². The number of benzene rings is 5. The monoisotopic (exact) mass is 486 g/mol. The quantitative estimate of drug-likeness (QED) is 0.245. The van der Waals surface area contributed by atoms with Gasteiger partial charge in [-0.25, -0.2) is 4.39 Å². The predicted octanol–water partition coefficient (Wildman–Crippen LogP) is 8.74. The molecule has 0 amide bonds. The molecule has 3 nitrogen and oxygen atoms in total. The largest absolute Gasteiger partial charge is 0.508 e. The summed E-state index contributed by atoms with van der Waals surface area (Å²) in [4.78, 5) is 0. The lowest BCUT2D eigenvalue weighted by Gasteiger charge is -2.31. The number of phenols is 2. The Hall–Kier alpha value is -4.83. The second-order valence-electron chi connectivity index (χ2n) is 9.03. The van der Waals surface area contributed by atoms with E-state index in [1.54, 1.807) is 36.4 Å². The Kier molecular flexibility index (Phi) is 5.70. The molecule has 180 valence electrons. The van der Waals surface area contributed by atoms with Crippen molar-refractivity contribution in [2.75, 3.05) is 0 Å². The summed E-state index contributed by atoms with van der Waals surface area (Å²) in [6, 6.07) is 27.0. The highest BCUT2D eigenvalue weighted by Crippen LogP contribution is 2.52. The van der Waals surface area contributed by atoms with Crippen LogP contribution in [0.2, 0.25) is 0 Å². The zero-order valence-electron chi connectivity index (χ0n) is 19.8. The Morgan fingerprint density at radius 2 is 1.19 bits per heavy atom. The first-order valence-electron chi connectivity index (χ1n) is 12.0. The van der Waals surface area contributed by atoms with Gasteiger partial charge in [0.2, 0.25) is 0 Å². The second kappa shape index (κ2) is 9.32. The molecule has 0 atom stereocenters. The Bertz CT molecular complexity index is 1640. The molecule has 0 unspecified atom stereocenters. The van der Waals surface area contributed by atoms with Gasteiger partial charge in [0.1, 0.15) is 23.0 Å². The zero-order valence-corrected chi connectivity index (χ0v) is 19.8. The third kappa shape index (κ3) is 4.13. The van der Waals surface area contributed by atoms with Crippen LogP contribution in [0.5, 0.6) is 23.0 Å². The molecule has 0 saturated carbocycles. The van der Waals surface area contributed by atoms with E-state index in [9.17, 15) is 14.6 Å². The molecule has 0 radical (unpaired) electrons. The summed E-state index contributed by atoms with van der Waals surface area (Å²) in [5, 5.41) is 24.1. The van der Waals surface area contributed by atoms with Crippen molar-refractivity contribution in [2.24, 2.45) is 0 Å². The zero-order chi connectivity index (χ0) is 25.4. The van der Waals surface area contributed by atoms with E-state index in [1.807, 2.05) is 48.6 Å². The normalized spacial score (nSPS) is 13.5. The molecule has 5 aromatic rings. The van der Waals surface area contributed by atoms with E-state index in [1.165, 1.54) is 6.08 Å². The fourth-order valence-electron chi connectivity index (χ4n) is 5.15. The van der Waals surface area contributed by atoms with Gasteiger partial charge in [0.25, 0.3) is 0 Å². The highest BCUT2D eigenvalue weighted by atomic mass is 19.1. The van der Waals surface area contributed by atoms with Crippen molar-refractivity contribution in [3.63, 3.8) is 0 Å². The number of hydrogen-bond donors (Lipinski definition) is 2. The van der Waals surface area contributed by atoms with Gasteiger partial charge in [-0.15, -0.1) is 0 Å². The number of allylic oxidation sites excluding steroid dienone is 4. The van der Waals surface area contributed by atoms with Crippen molar-refractivity contribution in [2.45, 2.75) is 5.92 Å². The summed E-state index contributed by atoms with van der Waals surface area (Å²) in [6.07, 6.45) is 9.08. The number of fused-ring (bicyclic) bond motifs is 6. The maximum Gasteiger partial charge on any atom is 0.132 e. The van der Waals surface area contributed by atoms with Crippen LogP contribution in [0.4, 0.5) is 4.39 Å². The third-order valence-corrected chi connectivity index (χ3v) is 6.77. The van der Waals surface area contributed by atoms with Gasteiger partial charge in [-0.2, -0.15) is 0 Å². The van der Waals surface area contributed by atoms with Crippen molar-refractivity contribution >= 4 is 27.6 Å². The SMILES string of the molecule is Oc1ccc2c3c(ccc2c1)Oc1ccc2cc(O)ccc2c1C3c1ccc(/C=C/C=C\C=C/F)cc1. The maximum atomic E-state index is 12.1. The molecule has 0 spiro atoms. The lowest BCUT2D eigenvalue weighted by Crippen LogP contribution is -2.13. The molecule has 1 aliphatic rings. The number of phenolic OH excluding ortho intramolecular Hbond substituents is 2. The van der Waals surface area contributed by atoms with Crippen LogP contribution in [0.1, 0.15) is 28.2 Å². The van der Waals surface area contributed by atoms with E-state index in [0.717, 1.165) is 55.3 Å². The fourth-order valence-corrected chi connectivity index (χ4v) is 5.15. The first-order chi connectivity index (χ1) is 18.1. The second-order valence-corrected chi connectivity index (χ2v) is 9.03. The molecule has 5 aromatic carbocycles. The van der Waals surface area contributed by atoms with Crippen LogP contribution in [0, 0.1) is 0 Å². The van der Waals surface area contributed by atoms with Gasteiger partial charge in [-0.1, -0.05) is 72.8 Å². The van der Waals surface area contributed by atoms with Crippen molar-refractivity contribution in [3.05, 3.63) is 138 Å². The van der Waals surface area contributed by atoms with Crippen LogP contribution >= 0.6 is 0 Å². The lowest BCUT2D eigenvalue weighted by atomic mass is 9.78. The maximum absolute atomic E-state index is 12.1. The summed E-state index contributed by atoms with van der Waals surface area (Å²) in [5.41, 5.74) is 4.19. The van der Waals surface area contributed by atoms with E-state index >= 15 is 0 Å². The highest BCUT2D eigenvalue weighted by molar-refractivity contribution is 5.96. The summed E-state index contributed by atoms with van der Waals surface area (Å²) in [6.45, 7) is 0. The minimum absolute atomic E-state index is 0.132. The Balaban J connectivity index is 1.55. The average Bonchev–Trinajstić information content (AvgIpc) is 2.91. The number of rotatable bonds is 4. The molecule has 6 rings (SSSR count). The number of hydrogen-bond acceptors (Lipinski definition) is 3. The van der Waals surface area contributed by atoms with Crippen LogP contribution in [0.15, 0.2) is 116 Å². The molecule has 1 aliphatic heterocycles. The topological polar surface area (TPSA) is 49.7 Å². The average molecular weight is 487 g/mol. The first kappa shape index (κ1) is 22.6. The smallest absolute Gasteiger partial charge is 0.132 e. The van der Waals surface area contributed by atoms with Crippen molar-refractivity contribution in [3.8, 4) is 23.0 Å². The Morgan fingerprint density at radius 1 is 0.622 bits per heavy atom. The van der Waals surface area contributed by atoms with E-state index in [4.69, 9.17) is 4.74 Å². The third-order valence-electron chi connectivity index (χ3n) is 6.77. The van der Waals surface area contributed by atoms with Gasteiger partial charge in [-0.3, -0.25) is 0 Å². The minimum Gasteiger partial charge on any atom is -0.508 e. The molecular formula is C33H23FO3. The number of ether oxygens (including phenoxy) is 1. The molecule has 4 heteroatoms. The standard InChI is InChI=1S/C33H23FO3/c34-18-4-2-1-3-5-21-6-8-22(9-7-21)31-32-27-14-12-25(35)19-23(27)10-16-29(32)37-30-17-11-24-20-26(36)13-15-28(24)33(30)31/h1-20,31,35-36H/b2-1-,5-3+,18-4-. The molecule has 37 heavy (non-hydrogen) atoms. The molecule has 1 heterocycles. The van der Waals surface area contributed by atoms with E-state index < -0.39 is 0 Å². The molecule has 0 saturated heterocycles. The van der Waals surface area contributed by atoms with Crippen molar-refractivity contribution in [1.82, 2.24) is 0 Å². The molecule has 0 fully saturated rings. The molecule has 0 bridgehead atoms. The van der Waals surface area contributed by atoms with Crippen LogP contribution in [0.3, 0.4) is 0 Å². The molecule has 0 aromatic heterocycles. The fraction of sp³-hybridized carbons (Fsp3) is 0.0303. The Labute approximate surface area is 213 Å².